The fourth-order valence-electron chi connectivity index (χ4n) is 4.15. The Balaban J connectivity index is 1.96. The molecule has 3 aromatic heterocycles. The van der Waals surface area contributed by atoms with E-state index in [1.165, 1.54) is 16.9 Å². The Hall–Kier alpha value is -2.12. The number of nitrogens with zero attached hydrogens (tertiary/aromatic N) is 4. The van der Waals surface area contributed by atoms with E-state index in [-0.39, 0.29) is 5.56 Å². The molecule has 0 N–H and O–H groups in total. The molecular formula is C21H22N4OS2. The summed E-state index contributed by atoms with van der Waals surface area (Å²) < 4.78 is 3.83. The quantitative estimate of drug-likeness (QED) is 0.444. The first-order valence-electron chi connectivity index (χ1n) is 9.73. The molecule has 5 rings (SSSR count). The monoisotopic (exact) mass is 410 g/mol. The predicted molar refractivity (Wildman–Crippen MR) is 116 cm³/mol. The van der Waals surface area contributed by atoms with E-state index in [1.807, 2.05) is 30.3 Å². The van der Waals surface area contributed by atoms with Gasteiger partial charge >= 0.3 is 0 Å². The van der Waals surface area contributed by atoms with Gasteiger partial charge in [-0.25, -0.2) is 8.97 Å². The molecule has 0 saturated carbocycles. The normalized spacial score (nSPS) is 16.9. The van der Waals surface area contributed by atoms with Crippen molar-refractivity contribution in [2.75, 3.05) is 0 Å². The molecule has 28 heavy (non-hydrogen) atoms. The highest BCUT2D eigenvalue weighted by molar-refractivity contribution is 7.99. The van der Waals surface area contributed by atoms with Gasteiger partial charge in [-0.2, -0.15) is 0 Å². The van der Waals surface area contributed by atoms with Crippen molar-refractivity contribution in [1.82, 2.24) is 19.2 Å². The third-order valence-corrected chi connectivity index (χ3v) is 7.53. The van der Waals surface area contributed by atoms with Gasteiger partial charge in [-0.05, 0) is 42.9 Å². The topological polar surface area (TPSA) is 52.2 Å². The molecule has 3 heterocycles. The molecular weight excluding hydrogens is 388 g/mol. The van der Waals surface area contributed by atoms with Crippen LogP contribution in [0.3, 0.4) is 0 Å². The van der Waals surface area contributed by atoms with Gasteiger partial charge < -0.3 is 0 Å². The van der Waals surface area contributed by atoms with Gasteiger partial charge in [0.15, 0.2) is 5.16 Å². The molecule has 1 aliphatic carbocycles. The summed E-state index contributed by atoms with van der Waals surface area (Å²) in [7, 11) is 0. The molecule has 7 heteroatoms. The number of para-hydroxylation sites is 1. The second kappa shape index (κ2) is 6.74. The number of rotatable bonds is 3. The number of hydrogen-bond donors (Lipinski definition) is 0. The molecule has 0 aliphatic heterocycles. The van der Waals surface area contributed by atoms with E-state index in [9.17, 15) is 4.79 Å². The molecule has 0 amide bonds. The van der Waals surface area contributed by atoms with E-state index >= 15 is 0 Å². The summed E-state index contributed by atoms with van der Waals surface area (Å²) in [5, 5.41) is 11.0. The van der Waals surface area contributed by atoms with Crippen molar-refractivity contribution < 1.29 is 0 Å². The van der Waals surface area contributed by atoms with Crippen molar-refractivity contribution in [2.24, 2.45) is 0 Å². The minimum absolute atomic E-state index is 0.0217. The van der Waals surface area contributed by atoms with Crippen LogP contribution in [0, 0.1) is 0 Å². The number of thioether (sulfide) groups is 1. The Morgan fingerprint density at radius 1 is 1.21 bits per heavy atom. The maximum atomic E-state index is 13.7. The molecule has 0 fully saturated rings. The molecule has 144 valence electrons. The van der Waals surface area contributed by atoms with Crippen molar-refractivity contribution >= 4 is 39.1 Å². The van der Waals surface area contributed by atoms with Gasteiger partial charge in [0, 0.05) is 10.1 Å². The number of aromatic nitrogens is 4. The van der Waals surface area contributed by atoms with E-state index in [2.05, 4.69) is 35.4 Å². The molecule has 1 aromatic carbocycles. The second-order valence-corrected chi connectivity index (χ2v) is 10.3. The Bertz CT molecular complexity index is 1240. The van der Waals surface area contributed by atoms with Crippen LogP contribution >= 0.6 is 23.1 Å². The molecule has 4 aromatic rings. The van der Waals surface area contributed by atoms with Gasteiger partial charge in [0.25, 0.3) is 5.56 Å². The highest BCUT2D eigenvalue weighted by Crippen LogP contribution is 2.42. The maximum Gasteiger partial charge on any atom is 0.268 e. The maximum absolute atomic E-state index is 13.7. The average Bonchev–Trinajstić information content (AvgIpc) is 3.25. The Morgan fingerprint density at radius 2 is 2.00 bits per heavy atom. The molecule has 0 radical (unpaired) electrons. The van der Waals surface area contributed by atoms with Gasteiger partial charge in [0.1, 0.15) is 4.83 Å². The zero-order valence-electron chi connectivity index (χ0n) is 16.2. The molecule has 1 aliphatic rings. The number of aryl methyl sites for hydroxylation is 1. The first-order chi connectivity index (χ1) is 13.6. The van der Waals surface area contributed by atoms with Crippen LogP contribution in [0.1, 0.15) is 50.0 Å². The third kappa shape index (κ3) is 2.63. The van der Waals surface area contributed by atoms with E-state index in [1.54, 1.807) is 27.7 Å². The van der Waals surface area contributed by atoms with Crippen LogP contribution in [0.4, 0.5) is 0 Å². The number of fused-ring (bicyclic) bond motifs is 5. The molecule has 1 unspecified atom stereocenters. The van der Waals surface area contributed by atoms with Crippen LogP contribution in [-0.2, 0) is 6.42 Å². The molecule has 0 saturated heterocycles. The molecule has 1 atom stereocenters. The number of thiophene rings is 1. The Labute approximate surface area is 171 Å². The highest BCUT2D eigenvalue weighted by Gasteiger charge is 2.28. The van der Waals surface area contributed by atoms with E-state index in [0.29, 0.717) is 16.9 Å². The largest absolute Gasteiger partial charge is 0.268 e. The summed E-state index contributed by atoms with van der Waals surface area (Å²) in [6, 6.07) is 9.78. The summed E-state index contributed by atoms with van der Waals surface area (Å²) in [4.78, 5) is 16.1. The highest BCUT2D eigenvalue weighted by atomic mass is 32.2. The van der Waals surface area contributed by atoms with Crippen molar-refractivity contribution in [3.63, 3.8) is 0 Å². The summed E-state index contributed by atoms with van der Waals surface area (Å²) in [6.07, 6.45) is 3.38. The minimum Gasteiger partial charge on any atom is -0.268 e. The van der Waals surface area contributed by atoms with Gasteiger partial charge in [0.2, 0.25) is 5.78 Å². The Kier molecular flexibility index (Phi) is 4.32. The predicted octanol–water partition coefficient (Wildman–Crippen LogP) is 5.04. The van der Waals surface area contributed by atoms with Crippen LogP contribution < -0.4 is 5.56 Å². The first-order valence-corrected chi connectivity index (χ1v) is 11.4. The number of benzene rings is 1. The van der Waals surface area contributed by atoms with Crippen LogP contribution in [-0.4, -0.2) is 24.4 Å². The van der Waals surface area contributed by atoms with Crippen LogP contribution in [0.15, 0.2) is 40.3 Å². The van der Waals surface area contributed by atoms with Crippen molar-refractivity contribution in [3.8, 4) is 5.69 Å². The number of hydrogen-bond acceptors (Lipinski definition) is 5. The second-order valence-electron chi connectivity index (χ2n) is 7.67. The first kappa shape index (κ1) is 17.9. The Morgan fingerprint density at radius 3 is 2.75 bits per heavy atom. The molecule has 5 nitrogen and oxygen atoms in total. The fraction of sp³-hybridized carbons (Fsp3) is 0.381. The van der Waals surface area contributed by atoms with Gasteiger partial charge in [0.05, 0.1) is 11.1 Å². The fourth-order valence-corrected chi connectivity index (χ4v) is 6.44. The van der Waals surface area contributed by atoms with Crippen molar-refractivity contribution in [2.45, 2.75) is 56.4 Å². The van der Waals surface area contributed by atoms with Crippen molar-refractivity contribution in [3.05, 3.63) is 51.1 Å². The van der Waals surface area contributed by atoms with E-state index in [4.69, 9.17) is 0 Å². The van der Waals surface area contributed by atoms with Gasteiger partial charge in [-0.1, -0.05) is 50.7 Å². The van der Waals surface area contributed by atoms with Gasteiger partial charge in [-0.3, -0.25) is 4.79 Å². The average molecular weight is 411 g/mol. The third-order valence-electron chi connectivity index (χ3n) is 5.33. The van der Waals surface area contributed by atoms with Gasteiger partial charge in [-0.15, -0.1) is 21.5 Å². The lowest BCUT2D eigenvalue weighted by Gasteiger charge is -2.18. The lowest BCUT2D eigenvalue weighted by molar-refractivity contribution is 0.601. The smallest absolute Gasteiger partial charge is 0.268 e. The standard InChI is InChI=1S/C21H22N4OS2/c1-12(2)27-21-23-22-20-24(14-9-5-4-6-10-14)18(26)17-16-13(3)8-7-11-15(16)28-19(17)25(20)21/h4-6,9-10,12-13H,7-8,11H2,1-3H3. The summed E-state index contributed by atoms with van der Waals surface area (Å²) in [6.45, 7) is 6.55. The zero-order chi connectivity index (χ0) is 19.4. The minimum atomic E-state index is 0.0217. The molecule has 0 bridgehead atoms. The van der Waals surface area contributed by atoms with E-state index < -0.39 is 0 Å². The lowest BCUT2D eigenvalue weighted by atomic mass is 9.88. The van der Waals surface area contributed by atoms with Crippen LogP contribution in [0.5, 0.6) is 0 Å². The van der Waals surface area contributed by atoms with Crippen LogP contribution in [0.25, 0.3) is 21.7 Å². The SMILES string of the molecule is CC(C)Sc1nnc2n(-c3ccccc3)c(=O)c3c4c(sc3n12)CCCC4C. The summed E-state index contributed by atoms with van der Waals surface area (Å²) in [5.41, 5.74) is 2.10. The summed E-state index contributed by atoms with van der Waals surface area (Å²) in [5.74, 6) is 1.00. The molecule has 0 spiro atoms. The summed E-state index contributed by atoms with van der Waals surface area (Å²) >= 11 is 3.44. The lowest BCUT2D eigenvalue weighted by Crippen LogP contribution is -2.22. The zero-order valence-corrected chi connectivity index (χ0v) is 17.8. The van der Waals surface area contributed by atoms with Crippen molar-refractivity contribution in [1.29, 1.82) is 0 Å². The van der Waals surface area contributed by atoms with Crippen LogP contribution in [0.2, 0.25) is 0 Å². The van der Waals surface area contributed by atoms with E-state index in [0.717, 1.165) is 33.9 Å².